The molecule has 1 heterocycles. The SMILES string of the molecule is Cc1cc(CN2Cc3cc(Br)cc(C)c3C2C=O)ccc1F. The number of aldehydes is 1. The molecule has 0 spiro atoms. The van der Waals surface area contributed by atoms with E-state index in [1.807, 2.05) is 19.1 Å². The van der Waals surface area contributed by atoms with Crippen LogP contribution in [0.4, 0.5) is 4.39 Å². The lowest BCUT2D eigenvalue weighted by molar-refractivity contribution is -0.112. The molecule has 0 aliphatic carbocycles. The molecule has 2 nitrogen and oxygen atoms in total. The van der Waals surface area contributed by atoms with E-state index in [0.29, 0.717) is 12.1 Å². The maximum atomic E-state index is 13.4. The summed E-state index contributed by atoms with van der Waals surface area (Å²) in [4.78, 5) is 13.7. The van der Waals surface area contributed by atoms with E-state index >= 15 is 0 Å². The molecule has 0 bridgehead atoms. The summed E-state index contributed by atoms with van der Waals surface area (Å²) in [6, 6.07) is 9.02. The second-order valence-electron chi connectivity index (χ2n) is 5.86. The molecule has 2 aromatic rings. The summed E-state index contributed by atoms with van der Waals surface area (Å²) in [5.74, 6) is -0.194. The van der Waals surface area contributed by atoms with Crippen molar-refractivity contribution in [1.29, 1.82) is 0 Å². The lowest BCUT2D eigenvalue weighted by atomic mass is 10.00. The molecule has 1 atom stereocenters. The molecule has 2 aromatic carbocycles. The van der Waals surface area contributed by atoms with E-state index in [4.69, 9.17) is 0 Å². The van der Waals surface area contributed by atoms with Crippen LogP contribution in [0.3, 0.4) is 0 Å². The van der Waals surface area contributed by atoms with Crippen LogP contribution in [0.25, 0.3) is 0 Å². The van der Waals surface area contributed by atoms with Crippen molar-refractivity contribution in [2.75, 3.05) is 0 Å². The fraction of sp³-hybridized carbons (Fsp3) is 0.278. The molecule has 1 unspecified atom stereocenters. The topological polar surface area (TPSA) is 20.3 Å². The Labute approximate surface area is 138 Å². The van der Waals surface area contributed by atoms with Crippen LogP contribution in [0.1, 0.15) is 33.9 Å². The van der Waals surface area contributed by atoms with E-state index < -0.39 is 0 Å². The van der Waals surface area contributed by atoms with Crippen LogP contribution in [0, 0.1) is 19.7 Å². The summed E-state index contributed by atoms with van der Waals surface area (Å²) >= 11 is 3.51. The molecule has 0 saturated carbocycles. The molecule has 0 radical (unpaired) electrons. The van der Waals surface area contributed by atoms with Gasteiger partial charge < -0.3 is 4.79 Å². The molecule has 0 N–H and O–H groups in total. The number of hydrogen-bond donors (Lipinski definition) is 0. The molecule has 0 saturated heterocycles. The normalized spacial score (nSPS) is 17.5. The molecule has 0 amide bonds. The van der Waals surface area contributed by atoms with Crippen LogP contribution in [0.15, 0.2) is 34.8 Å². The van der Waals surface area contributed by atoms with Crippen molar-refractivity contribution in [2.24, 2.45) is 0 Å². The molecule has 0 aromatic heterocycles. The first-order valence-electron chi connectivity index (χ1n) is 7.23. The van der Waals surface area contributed by atoms with E-state index in [9.17, 15) is 9.18 Å². The Morgan fingerprint density at radius 3 is 2.73 bits per heavy atom. The van der Waals surface area contributed by atoms with E-state index in [1.54, 1.807) is 13.0 Å². The van der Waals surface area contributed by atoms with Crippen molar-refractivity contribution < 1.29 is 9.18 Å². The number of rotatable bonds is 3. The van der Waals surface area contributed by atoms with Gasteiger partial charge in [-0.2, -0.15) is 0 Å². The minimum atomic E-state index is -0.228. The Morgan fingerprint density at radius 1 is 1.27 bits per heavy atom. The number of halogens is 2. The van der Waals surface area contributed by atoms with E-state index in [2.05, 4.69) is 26.9 Å². The van der Waals surface area contributed by atoms with Crippen LogP contribution in [-0.4, -0.2) is 11.2 Å². The first kappa shape index (κ1) is 15.4. The highest BCUT2D eigenvalue weighted by atomic mass is 79.9. The second kappa shape index (κ2) is 5.94. The Morgan fingerprint density at radius 2 is 2.05 bits per heavy atom. The van der Waals surface area contributed by atoms with Crippen LogP contribution in [-0.2, 0) is 17.9 Å². The predicted molar refractivity (Wildman–Crippen MR) is 88.1 cm³/mol. The van der Waals surface area contributed by atoms with Gasteiger partial charge in [-0.1, -0.05) is 28.1 Å². The highest BCUT2D eigenvalue weighted by Gasteiger charge is 2.31. The summed E-state index contributed by atoms with van der Waals surface area (Å²) in [5, 5.41) is 0. The van der Waals surface area contributed by atoms with Crippen molar-refractivity contribution in [3.05, 3.63) is 68.4 Å². The zero-order valence-electron chi connectivity index (χ0n) is 12.6. The minimum absolute atomic E-state index is 0.194. The highest BCUT2D eigenvalue weighted by Crippen LogP contribution is 2.37. The van der Waals surface area contributed by atoms with Crippen LogP contribution in [0.2, 0.25) is 0 Å². The summed E-state index contributed by atoms with van der Waals surface area (Å²) < 4.78 is 14.4. The highest BCUT2D eigenvalue weighted by molar-refractivity contribution is 9.10. The summed E-state index contributed by atoms with van der Waals surface area (Å²) in [7, 11) is 0. The zero-order chi connectivity index (χ0) is 15.9. The number of nitrogens with zero attached hydrogens (tertiary/aromatic N) is 1. The van der Waals surface area contributed by atoms with Crippen molar-refractivity contribution in [3.8, 4) is 0 Å². The molecule has 1 aliphatic rings. The minimum Gasteiger partial charge on any atom is -0.301 e. The van der Waals surface area contributed by atoms with Gasteiger partial charge >= 0.3 is 0 Å². The van der Waals surface area contributed by atoms with Crippen LogP contribution < -0.4 is 0 Å². The smallest absolute Gasteiger partial charge is 0.141 e. The fourth-order valence-electron chi connectivity index (χ4n) is 3.23. The van der Waals surface area contributed by atoms with Gasteiger partial charge in [0.05, 0.1) is 6.04 Å². The first-order chi connectivity index (χ1) is 10.5. The fourth-order valence-corrected chi connectivity index (χ4v) is 3.85. The van der Waals surface area contributed by atoms with Crippen molar-refractivity contribution >= 4 is 22.2 Å². The van der Waals surface area contributed by atoms with Gasteiger partial charge in [0.2, 0.25) is 0 Å². The number of benzene rings is 2. The Bertz CT molecular complexity index is 744. The third kappa shape index (κ3) is 2.73. The van der Waals surface area contributed by atoms with E-state index in [1.165, 1.54) is 11.6 Å². The van der Waals surface area contributed by atoms with Gasteiger partial charge in [-0.15, -0.1) is 0 Å². The molecular formula is C18H17BrFNO. The largest absolute Gasteiger partial charge is 0.301 e. The lowest BCUT2D eigenvalue weighted by Gasteiger charge is -2.21. The zero-order valence-corrected chi connectivity index (χ0v) is 14.2. The molecule has 22 heavy (non-hydrogen) atoms. The Balaban J connectivity index is 1.91. The quantitative estimate of drug-likeness (QED) is 0.752. The van der Waals surface area contributed by atoms with Crippen LogP contribution >= 0.6 is 15.9 Å². The average Bonchev–Trinajstić information content (AvgIpc) is 2.80. The van der Waals surface area contributed by atoms with Gasteiger partial charge in [0, 0.05) is 17.6 Å². The molecule has 1 aliphatic heterocycles. The molecule has 4 heteroatoms. The maximum Gasteiger partial charge on any atom is 0.141 e. The van der Waals surface area contributed by atoms with Gasteiger partial charge in [0.1, 0.15) is 12.1 Å². The molecule has 114 valence electrons. The predicted octanol–water partition coefficient (Wildman–Crippen LogP) is 4.46. The lowest BCUT2D eigenvalue weighted by Crippen LogP contribution is -2.23. The van der Waals surface area contributed by atoms with Gasteiger partial charge in [0.15, 0.2) is 0 Å². The molecule has 0 fully saturated rings. The number of aryl methyl sites for hydroxylation is 2. The number of carbonyl (C=O) groups is 1. The van der Waals surface area contributed by atoms with E-state index in [-0.39, 0.29) is 11.9 Å². The second-order valence-corrected chi connectivity index (χ2v) is 6.78. The van der Waals surface area contributed by atoms with Crippen molar-refractivity contribution in [3.63, 3.8) is 0 Å². The number of carbonyl (C=O) groups excluding carboxylic acids is 1. The summed E-state index contributed by atoms with van der Waals surface area (Å²) in [6.45, 7) is 5.16. The van der Waals surface area contributed by atoms with Gasteiger partial charge in [0.25, 0.3) is 0 Å². The third-order valence-corrected chi connectivity index (χ3v) is 4.69. The average molecular weight is 362 g/mol. The molecule has 3 rings (SSSR count). The molecular weight excluding hydrogens is 345 g/mol. The first-order valence-corrected chi connectivity index (χ1v) is 8.02. The Hall–Kier alpha value is -1.52. The van der Waals surface area contributed by atoms with Gasteiger partial charge in [-0.05, 0) is 59.9 Å². The van der Waals surface area contributed by atoms with E-state index in [0.717, 1.165) is 34.0 Å². The number of hydrogen-bond acceptors (Lipinski definition) is 2. The maximum absolute atomic E-state index is 13.4. The van der Waals surface area contributed by atoms with Gasteiger partial charge in [-0.3, -0.25) is 4.90 Å². The Kier molecular flexibility index (Phi) is 4.15. The van der Waals surface area contributed by atoms with Crippen molar-refractivity contribution in [1.82, 2.24) is 4.90 Å². The third-order valence-electron chi connectivity index (χ3n) is 4.24. The standard InChI is InChI=1S/C18H17BrFNO/c1-11-5-13(3-4-16(11)20)8-21-9-14-7-15(19)6-12(2)18(14)17(21)10-22/h3-7,10,17H,8-9H2,1-2H3. The summed E-state index contributed by atoms with van der Waals surface area (Å²) in [6.07, 6.45) is 1.00. The summed E-state index contributed by atoms with van der Waals surface area (Å²) in [5.41, 5.74) is 5.07. The van der Waals surface area contributed by atoms with Gasteiger partial charge in [-0.25, -0.2) is 4.39 Å². The van der Waals surface area contributed by atoms with Crippen molar-refractivity contribution in [2.45, 2.75) is 33.0 Å². The van der Waals surface area contributed by atoms with Crippen LogP contribution in [0.5, 0.6) is 0 Å². The number of fused-ring (bicyclic) bond motifs is 1. The monoisotopic (exact) mass is 361 g/mol.